The lowest BCUT2D eigenvalue weighted by Gasteiger charge is -2.13. The van der Waals surface area contributed by atoms with Crippen LogP contribution >= 0.6 is 11.6 Å². The molecule has 0 aliphatic rings. The van der Waals surface area contributed by atoms with Crippen LogP contribution < -0.4 is 5.32 Å². The maximum Gasteiger partial charge on any atom is 0.255 e. The Morgan fingerprint density at radius 2 is 1.90 bits per heavy atom. The van der Waals surface area contributed by atoms with Gasteiger partial charge in [-0.1, -0.05) is 36.7 Å². The normalized spacial score (nSPS) is 12.4. The Bertz CT molecular complexity index is 1150. The van der Waals surface area contributed by atoms with E-state index in [9.17, 15) is 13.2 Å². The molecule has 1 amide bonds. The van der Waals surface area contributed by atoms with E-state index in [4.69, 9.17) is 11.6 Å². The minimum absolute atomic E-state index is 0.107. The van der Waals surface area contributed by atoms with Crippen molar-refractivity contribution in [1.29, 1.82) is 0 Å². The van der Waals surface area contributed by atoms with E-state index in [0.717, 1.165) is 17.5 Å². The highest BCUT2D eigenvalue weighted by Gasteiger charge is 2.13. The number of sulfone groups is 1. The predicted molar refractivity (Wildman–Crippen MR) is 113 cm³/mol. The molecule has 8 heteroatoms. The maximum absolute atomic E-state index is 12.6. The van der Waals surface area contributed by atoms with Crippen LogP contribution in [0.4, 0.5) is 5.69 Å². The first-order chi connectivity index (χ1) is 13.7. The summed E-state index contributed by atoms with van der Waals surface area (Å²) in [6, 6.07) is 13.5. The number of carbonyl (C=O) groups excluding carboxylic acids is 1. The summed E-state index contributed by atoms with van der Waals surface area (Å²) in [7, 11) is -3.38. The van der Waals surface area contributed by atoms with Crippen LogP contribution in [0.25, 0.3) is 0 Å². The molecule has 29 heavy (non-hydrogen) atoms. The number of nitrogens with zero attached hydrogens (tertiary/aromatic N) is 2. The van der Waals surface area contributed by atoms with E-state index in [1.165, 1.54) is 18.3 Å². The molecule has 1 atom stereocenters. The summed E-state index contributed by atoms with van der Waals surface area (Å²) >= 11 is 5.90. The van der Waals surface area contributed by atoms with Crippen molar-refractivity contribution in [3.05, 3.63) is 82.9 Å². The molecule has 0 spiro atoms. The number of hydrogen-bond donors (Lipinski definition) is 1. The zero-order valence-corrected chi connectivity index (χ0v) is 17.5. The molecule has 1 heterocycles. The van der Waals surface area contributed by atoms with Gasteiger partial charge in [0.25, 0.3) is 5.91 Å². The van der Waals surface area contributed by atoms with E-state index in [1.807, 2.05) is 18.2 Å². The Labute approximate surface area is 174 Å². The molecule has 0 fully saturated rings. The second-order valence-corrected chi connectivity index (χ2v) is 9.22. The highest BCUT2D eigenvalue weighted by atomic mass is 35.5. The molecular weight excluding hydrogens is 410 g/mol. The standard InChI is InChI=1S/C21H20ClN3O3S/c1-14(9-18-12-23-13-20(22)24-18)15-5-3-7-17(10-15)25-21(26)16-6-4-8-19(11-16)29(2,27)28/h3-8,10-14H,9H2,1-2H3,(H,25,26)/t14-/m1/s1. The van der Waals surface area contributed by atoms with Gasteiger partial charge in [-0.05, 0) is 48.2 Å². The number of benzene rings is 2. The summed E-state index contributed by atoms with van der Waals surface area (Å²) in [5, 5.41) is 3.18. The molecule has 0 aliphatic heterocycles. The third kappa shape index (κ3) is 5.62. The summed E-state index contributed by atoms with van der Waals surface area (Å²) in [5.74, 6) is -0.241. The quantitative estimate of drug-likeness (QED) is 0.636. The summed E-state index contributed by atoms with van der Waals surface area (Å²) < 4.78 is 23.4. The van der Waals surface area contributed by atoms with Crippen molar-refractivity contribution >= 4 is 33.0 Å². The van der Waals surface area contributed by atoms with Gasteiger partial charge in [0.2, 0.25) is 0 Å². The zero-order chi connectivity index (χ0) is 21.0. The average Bonchev–Trinajstić information content (AvgIpc) is 2.67. The summed E-state index contributed by atoms with van der Waals surface area (Å²) in [4.78, 5) is 21.0. The van der Waals surface area contributed by atoms with E-state index >= 15 is 0 Å². The first kappa shape index (κ1) is 21.0. The van der Waals surface area contributed by atoms with Crippen molar-refractivity contribution in [1.82, 2.24) is 9.97 Å². The largest absolute Gasteiger partial charge is 0.322 e. The Hall–Kier alpha value is -2.77. The van der Waals surface area contributed by atoms with E-state index in [0.29, 0.717) is 17.3 Å². The lowest BCUT2D eigenvalue weighted by molar-refractivity contribution is 0.102. The minimum atomic E-state index is -3.38. The smallest absolute Gasteiger partial charge is 0.255 e. The van der Waals surface area contributed by atoms with E-state index in [2.05, 4.69) is 22.2 Å². The number of amides is 1. The average molecular weight is 430 g/mol. The number of rotatable bonds is 6. The molecule has 3 aromatic rings. The Morgan fingerprint density at radius 3 is 2.62 bits per heavy atom. The van der Waals surface area contributed by atoms with Crippen molar-refractivity contribution in [3.63, 3.8) is 0 Å². The van der Waals surface area contributed by atoms with E-state index < -0.39 is 9.84 Å². The van der Waals surface area contributed by atoms with Gasteiger partial charge in [-0.3, -0.25) is 9.78 Å². The molecule has 150 valence electrons. The van der Waals surface area contributed by atoms with E-state index in [-0.39, 0.29) is 22.3 Å². The summed E-state index contributed by atoms with van der Waals surface area (Å²) in [6.45, 7) is 2.05. The molecule has 0 saturated heterocycles. The molecule has 0 radical (unpaired) electrons. The van der Waals surface area contributed by atoms with Gasteiger partial charge in [-0.2, -0.15) is 0 Å². The minimum Gasteiger partial charge on any atom is -0.322 e. The number of anilines is 1. The number of hydrogen-bond acceptors (Lipinski definition) is 5. The first-order valence-electron chi connectivity index (χ1n) is 8.90. The predicted octanol–water partition coefficient (Wildman–Crippen LogP) is 4.13. The molecule has 1 aromatic heterocycles. The summed E-state index contributed by atoms with van der Waals surface area (Å²) in [5.41, 5.74) is 2.72. The van der Waals surface area contributed by atoms with E-state index in [1.54, 1.807) is 24.4 Å². The van der Waals surface area contributed by atoms with Crippen molar-refractivity contribution in [2.24, 2.45) is 0 Å². The van der Waals surface area contributed by atoms with Crippen LogP contribution in [-0.4, -0.2) is 30.5 Å². The number of nitrogens with one attached hydrogen (secondary N) is 1. The molecule has 0 aliphatic carbocycles. The molecule has 0 saturated carbocycles. The van der Waals surface area contributed by atoms with Crippen LogP contribution in [0.2, 0.25) is 5.15 Å². The summed E-state index contributed by atoms with van der Waals surface area (Å²) in [6.07, 6.45) is 4.94. The molecule has 1 N–H and O–H groups in total. The van der Waals surface area contributed by atoms with Gasteiger partial charge in [0.05, 0.1) is 16.8 Å². The van der Waals surface area contributed by atoms with Gasteiger partial charge in [0.15, 0.2) is 9.84 Å². The Kier molecular flexibility index (Phi) is 6.30. The van der Waals surface area contributed by atoms with Gasteiger partial charge in [0, 0.05) is 23.7 Å². The number of carbonyl (C=O) groups is 1. The van der Waals surface area contributed by atoms with Crippen molar-refractivity contribution in [2.45, 2.75) is 24.2 Å². The van der Waals surface area contributed by atoms with Crippen molar-refractivity contribution < 1.29 is 13.2 Å². The van der Waals surface area contributed by atoms with Crippen molar-refractivity contribution in [2.75, 3.05) is 11.6 Å². The SMILES string of the molecule is C[C@H](Cc1cncc(Cl)n1)c1cccc(NC(=O)c2cccc(S(C)(=O)=O)c2)c1. The second kappa shape index (κ2) is 8.71. The fourth-order valence-corrected chi connectivity index (χ4v) is 3.74. The van der Waals surface area contributed by atoms with Gasteiger partial charge < -0.3 is 5.32 Å². The van der Waals surface area contributed by atoms with Crippen LogP contribution in [-0.2, 0) is 16.3 Å². The topological polar surface area (TPSA) is 89.0 Å². The van der Waals surface area contributed by atoms with Crippen LogP contribution in [0.15, 0.2) is 65.8 Å². The molecule has 0 bridgehead atoms. The molecule has 6 nitrogen and oxygen atoms in total. The Balaban J connectivity index is 1.75. The highest BCUT2D eigenvalue weighted by molar-refractivity contribution is 7.90. The van der Waals surface area contributed by atoms with Crippen molar-refractivity contribution in [3.8, 4) is 0 Å². The molecular formula is C21H20ClN3O3S. The van der Waals surface area contributed by atoms with Crippen LogP contribution in [0.5, 0.6) is 0 Å². The Morgan fingerprint density at radius 1 is 1.14 bits per heavy atom. The lowest BCUT2D eigenvalue weighted by Crippen LogP contribution is -2.13. The zero-order valence-electron chi connectivity index (χ0n) is 16.0. The first-order valence-corrected chi connectivity index (χ1v) is 11.2. The van der Waals surface area contributed by atoms with Gasteiger partial charge >= 0.3 is 0 Å². The van der Waals surface area contributed by atoms with Gasteiger partial charge in [0.1, 0.15) is 5.15 Å². The molecule has 2 aromatic carbocycles. The van der Waals surface area contributed by atoms with Crippen LogP contribution in [0.1, 0.15) is 34.5 Å². The fourth-order valence-electron chi connectivity index (χ4n) is 2.90. The third-order valence-electron chi connectivity index (χ3n) is 4.41. The number of aromatic nitrogens is 2. The number of halogens is 1. The second-order valence-electron chi connectivity index (χ2n) is 6.82. The van der Waals surface area contributed by atoms with Crippen LogP contribution in [0, 0.1) is 0 Å². The monoisotopic (exact) mass is 429 g/mol. The maximum atomic E-state index is 12.6. The van der Waals surface area contributed by atoms with Crippen LogP contribution in [0.3, 0.4) is 0 Å². The molecule has 3 rings (SSSR count). The van der Waals surface area contributed by atoms with Gasteiger partial charge in [-0.15, -0.1) is 0 Å². The molecule has 0 unspecified atom stereocenters. The lowest BCUT2D eigenvalue weighted by atomic mass is 9.96. The highest BCUT2D eigenvalue weighted by Crippen LogP contribution is 2.23. The van der Waals surface area contributed by atoms with Gasteiger partial charge in [-0.25, -0.2) is 13.4 Å². The third-order valence-corrected chi connectivity index (χ3v) is 5.70. The fraction of sp³-hybridized carbons (Fsp3) is 0.190.